The van der Waals surface area contributed by atoms with Crippen LogP contribution in [0.5, 0.6) is 0 Å². The molecule has 0 bridgehead atoms. The van der Waals surface area contributed by atoms with Crippen LogP contribution < -0.4 is 0 Å². The molecule has 93 heavy (non-hydrogen) atoms. The Hall–Kier alpha value is -0.990. The number of hydrogen-bond acceptors (Lipinski definition) is 7. The quantitative estimate of drug-likeness (QED) is 0.0278. The minimum Gasteiger partial charge on any atom is -0.462 e. The first-order valence-corrected chi connectivity index (χ1v) is 43.8. The first-order chi connectivity index (χ1) is 45.5. The Morgan fingerprint density at radius 1 is 0.290 bits per heavy atom. The van der Waals surface area contributed by atoms with Crippen molar-refractivity contribution in [2.75, 3.05) is 47.5 Å². The molecule has 0 aromatic heterocycles. The van der Waals surface area contributed by atoms with Crippen LogP contribution in [-0.2, 0) is 32.7 Å². The van der Waals surface area contributed by atoms with Gasteiger partial charge in [0.15, 0.2) is 6.10 Å². The van der Waals surface area contributed by atoms with Crippen LogP contribution >= 0.6 is 7.82 Å². The molecule has 0 fully saturated rings. The van der Waals surface area contributed by atoms with E-state index in [1.54, 1.807) is 0 Å². The first-order valence-electron chi connectivity index (χ1n) is 42.3. The number of esters is 2. The molecule has 0 rings (SSSR count). The maximum absolute atomic E-state index is 12.9. The second-order valence-electron chi connectivity index (χ2n) is 30.6. The smallest absolute Gasteiger partial charge is 0.462 e. The van der Waals surface area contributed by atoms with Crippen molar-refractivity contribution >= 4 is 19.8 Å². The molecule has 0 aliphatic rings. The van der Waals surface area contributed by atoms with Crippen molar-refractivity contribution < 1.29 is 42.1 Å². The molecule has 2 unspecified atom stereocenters. The summed E-state index contributed by atoms with van der Waals surface area (Å²) in [6.45, 7) is 4.55. The predicted molar refractivity (Wildman–Crippen MR) is 405 cm³/mol. The highest BCUT2D eigenvalue weighted by Gasteiger charge is 2.27. The minimum absolute atomic E-state index is 0.0379. The van der Waals surface area contributed by atoms with E-state index in [9.17, 15) is 19.0 Å². The molecule has 0 aromatic carbocycles. The average molecular weight is 1340 g/mol. The van der Waals surface area contributed by atoms with E-state index in [4.69, 9.17) is 18.5 Å². The number of nitrogens with zero attached hydrogens (tertiary/aromatic N) is 1. The maximum atomic E-state index is 12.9. The van der Waals surface area contributed by atoms with Gasteiger partial charge in [0.05, 0.1) is 27.7 Å². The van der Waals surface area contributed by atoms with Gasteiger partial charge in [-0.15, -0.1) is 0 Å². The van der Waals surface area contributed by atoms with Crippen molar-refractivity contribution in [3.8, 4) is 0 Å². The number of hydrogen-bond donors (Lipinski definition) is 1. The van der Waals surface area contributed by atoms with Crippen molar-refractivity contribution in [3.63, 3.8) is 0 Å². The number of ether oxygens (including phenoxy) is 2. The number of rotatable bonds is 81. The first kappa shape index (κ1) is 92.0. The molecule has 0 amide bonds. The fraction of sp³-hybridized carbons (Fsp3) is 0.976. The van der Waals surface area contributed by atoms with Gasteiger partial charge in [-0.2, -0.15) is 0 Å². The van der Waals surface area contributed by atoms with Crippen LogP contribution in [0.25, 0.3) is 0 Å². The second-order valence-corrected chi connectivity index (χ2v) is 32.0. The van der Waals surface area contributed by atoms with E-state index in [2.05, 4.69) is 13.8 Å². The fourth-order valence-electron chi connectivity index (χ4n) is 13.4. The van der Waals surface area contributed by atoms with Crippen molar-refractivity contribution in [3.05, 3.63) is 0 Å². The van der Waals surface area contributed by atoms with E-state index in [0.29, 0.717) is 17.4 Å². The summed E-state index contributed by atoms with van der Waals surface area (Å²) in [5.74, 6) is -0.763. The number of phosphoric acid groups is 1. The largest absolute Gasteiger partial charge is 0.472 e. The van der Waals surface area contributed by atoms with Crippen LogP contribution in [0.4, 0.5) is 0 Å². The molecule has 0 aliphatic heterocycles. The van der Waals surface area contributed by atoms with Crippen LogP contribution in [0.1, 0.15) is 470 Å². The minimum atomic E-state index is -4.39. The summed E-state index contributed by atoms with van der Waals surface area (Å²) < 4.78 is 34.9. The summed E-state index contributed by atoms with van der Waals surface area (Å²) in [5, 5.41) is 0. The van der Waals surface area contributed by atoms with Gasteiger partial charge in [0.2, 0.25) is 0 Å². The maximum Gasteiger partial charge on any atom is 0.472 e. The fourth-order valence-corrected chi connectivity index (χ4v) is 14.2. The monoisotopic (exact) mass is 1340 g/mol. The zero-order chi connectivity index (χ0) is 67.6. The van der Waals surface area contributed by atoms with Gasteiger partial charge in [-0.1, -0.05) is 444 Å². The van der Waals surface area contributed by atoms with Gasteiger partial charge < -0.3 is 18.9 Å². The van der Waals surface area contributed by atoms with E-state index in [1.165, 1.54) is 405 Å². The number of likely N-dealkylation sites (N-methyl/N-ethyl adjacent to an activating group) is 1. The highest BCUT2D eigenvalue weighted by atomic mass is 31.2. The van der Waals surface area contributed by atoms with Crippen LogP contribution in [0.3, 0.4) is 0 Å². The van der Waals surface area contributed by atoms with E-state index in [0.717, 1.165) is 38.5 Å². The highest BCUT2D eigenvalue weighted by molar-refractivity contribution is 7.47. The number of carbonyl (C=O) groups excluding carboxylic acids is 2. The summed E-state index contributed by atoms with van der Waals surface area (Å²) in [6.07, 6.45) is 94.3. The van der Waals surface area contributed by atoms with Gasteiger partial charge in [-0.3, -0.25) is 18.6 Å². The normalized spacial score (nSPS) is 12.9. The van der Waals surface area contributed by atoms with Crippen molar-refractivity contribution in [1.82, 2.24) is 0 Å². The topological polar surface area (TPSA) is 108 Å². The van der Waals surface area contributed by atoms with Crippen LogP contribution in [0, 0.1) is 0 Å². The average Bonchev–Trinajstić information content (AvgIpc) is 2.54. The van der Waals surface area contributed by atoms with E-state index >= 15 is 0 Å². The molecule has 0 heterocycles. The Balaban J connectivity index is 3.85. The summed E-state index contributed by atoms with van der Waals surface area (Å²) in [7, 11) is 1.51. The second kappa shape index (κ2) is 75.2. The van der Waals surface area contributed by atoms with Gasteiger partial charge in [-0.05, 0) is 12.8 Å². The molecule has 10 heteroatoms. The van der Waals surface area contributed by atoms with Gasteiger partial charge in [0.25, 0.3) is 0 Å². The predicted octanol–water partition coefficient (Wildman–Crippen LogP) is 28.0. The van der Waals surface area contributed by atoms with Crippen LogP contribution in [0.2, 0.25) is 0 Å². The van der Waals surface area contributed by atoms with Gasteiger partial charge in [-0.25, -0.2) is 4.57 Å². The molecule has 9 nitrogen and oxygen atoms in total. The third kappa shape index (κ3) is 79.9. The molecule has 2 atom stereocenters. The molecular formula is C83H167NO8P+. The van der Waals surface area contributed by atoms with Gasteiger partial charge in [0, 0.05) is 12.8 Å². The van der Waals surface area contributed by atoms with Crippen LogP contribution in [0.15, 0.2) is 0 Å². The Bertz CT molecular complexity index is 1520. The van der Waals surface area contributed by atoms with Crippen molar-refractivity contribution in [1.29, 1.82) is 0 Å². The van der Waals surface area contributed by atoms with Crippen LogP contribution in [-0.4, -0.2) is 74.9 Å². The SMILES string of the molecule is CCCCCCCCCCCCCCCCCCCCCCCCCCCCCCCCCCCCCCCCC(=O)OC(COC(=O)CCCCCCCCCCCCCCCCCCCCCCCCCCCCCCCCC)COP(=O)(O)OCC[N+](C)(C)C. The van der Waals surface area contributed by atoms with Gasteiger partial charge in [0.1, 0.15) is 19.8 Å². The highest BCUT2D eigenvalue weighted by Crippen LogP contribution is 2.43. The third-order valence-electron chi connectivity index (χ3n) is 19.9. The standard InChI is InChI=1S/C83H166NO8P/c1-6-8-10-12-14-16-18-20-22-24-26-28-30-32-34-36-38-39-40-41-42-43-44-46-48-50-52-54-56-58-60-62-64-66-68-70-72-74-76-83(86)92-81(80-91-93(87,88)90-78-77-84(3,4)5)79-89-82(85)75-73-71-69-67-65-63-61-59-57-55-53-51-49-47-45-37-35-33-31-29-27-25-23-21-19-17-15-13-11-9-7-2/h81H,6-80H2,1-5H3/p+1. The molecule has 0 saturated heterocycles. The lowest BCUT2D eigenvalue weighted by atomic mass is 10.0. The number of phosphoric ester groups is 1. The molecule has 556 valence electrons. The zero-order valence-electron chi connectivity index (χ0n) is 63.8. The van der Waals surface area contributed by atoms with E-state index in [1.807, 2.05) is 21.1 Å². The van der Waals surface area contributed by atoms with Crippen molar-refractivity contribution in [2.45, 2.75) is 476 Å². The Labute approximate surface area is 582 Å². The summed E-state index contributed by atoms with van der Waals surface area (Å²) >= 11 is 0. The Morgan fingerprint density at radius 3 is 0.688 bits per heavy atom. The molecule has 0 aliphatic carbocycles. The van der Waals surface area contributed by atoms with Gasteiger partial charge >= 0.3 is 19.8 Å². The summed E-state index contributed by atoms with van der Waals surface area (Å²) in [5.41, 5.74) is 0. The molecule has 0 spiro atoms. The molecule has 0 aromatic rings. The lowest BCUT2D eigenvalue weighted by molar-refractivity contribution is -0.870. The third-order valence-corrected chi connectivity index (χ3v) is 20.9. The lowest BCUT2D eigenvalue weighted by Gasteiger charge is -2.24. The summed E-state index contributed by atoms with van der Waals surface area (Å²) in [4.78, 5) is 36.0. The van der Waals surface area contributed by atoms with E-state index < -0.39 is 26.5 Å². The Kier molecular flexibility index (Phi) is 74.4. The van der Waals surface area contributed by atoms with E-state index in [-0.39, 0.29) is 25.6 Å². The molecular weight excluding hydrogens is 1170 g/mol. The number of carbonyl (C=O) groups is 2. The molecule has 1 N–H and O–H groups in total. The molecule has 0 saturated carbocycles. The summed E-state index contributed by atoms with van der Waals surface area (Å²) in [6, 6.07) is 0. The number of quaternary nitrogens is 1. The Morgan fingerprint density at radius 2 is 0.484 bits per heavy atom. The molecule has 0 radical (unpaired) electrons. The lowest BCUT2D eigenvalue weighted by Crippen LogP contribution is -2.37. The number of unbranched alkanes of at least 4 members (excludes halogenated alkanes) is 67. The van der Waals surface area contributed by atoms with Crippen molar-refractivity contribution in [2.24, 2.45) is 0 Å². The zero-order valence-corrected chi connectivity index (χ0v) is 64.7.